The van der Waals surface area contributed by atoms with Crippen molar-refractivity contribution in [1.29, 1.82) is 0 Å². The Balaban J connectivity index is 2.15. The van der Waals surface area contributed by atoms with Gasteiger partial charge >= 0.3 is 0 Å². The summed E-state index contributed by atoms with van der Waals surface area (Å²) in [6.07, 6.45) is 6.02. The first-order valence-corrected chi connectivity index (χ1v) is 6.28. The molecule has 5 nitrogen and oxygen atoms in total. The summed E-state index contributed by atoms with van der Waals surface area (Å²) in [4.78, 5) is 15.3. The summed E-state index contributed by atoms with van der Waals surface area (Å²) in [5.41, 5.74) is 11.2. The highest BCUT2D eigenvalue weighted by Gasteiger charge is 2.22. The summed E-state index contributed by atoms with van der Waals surface area (Å²) < 4.78 is 5.85. The minimum Gasteiger partial charge on any atom is -0.488 e. The molecule has 2 unspecified atom stereocenters. The number of pyridine rings is 1. The van der Waals surface area contributed by atoms with Gasteiger partial charge in [0.05, 0.1) is 17.9 Å². The summed E-state index contributed by atoms with van der Waals surface area (Å²) in [5, 5.41) is 0. The molecule has 1 aromatic rings. The van der Waals surface area contributed by atoms with Crippen LogP contribution in [0.5, 0.6) is 5.75 Å². The van der Waals surface area contributed by atoms with Crippen LogP contribution in [-0.4, -0.2) is 17.0 Å². The number of aromatic nitrogens is 1. The average Bonchev–Trinajstić information content (AvgIpc) is 2.31. The van der Waals surface area contributed by atoms with Crippen molar-refractivity contribution in [2.45, 2.75) is 38.7 Å². The minimum atomic E-state index is -0.539. The fraction of sp³-hybridized carbons (Fsp3) is 0.538. The standard InChI is InChI=1S/C13H19N3O2/c1-8-3-2-4-9(5-8)18-11-7-16-12(14)6-10(11)13(15)17/h6-9H,2-5H2,1H3,(H2,14,16)(H2,15,17). The Bertz CT molecular complexity index is 448. The molecule has 0 radical (unpaired) electrons. The molecular weight excluding hydrogens is 230 g/mol. The highest BCUT2D eigenvalue weighted by molar-refractivity contribution is 5.96. The molecule has 18 heavy (non-hydrogen) atoms. The molecular formula is C13H19N3O2. The number of nitrogen functional groups attached to an aromatic ring is 1. The Morgan fingerprint density at radius 1 is 1.50 bits per heavy atom. The number of hydrogen-bond donors (Lipinski definition) is 2. The minimum absolute atomic E-state index is 0.136. The third-order valence-corrected chi connectivity index (χ3v) is 3.34. The van der Waals surface area contributed by atoms with Crippen molar-refractivity contribution in [1.82, 2.24) is 4.98 Å². The lowest BCUT2D eigenvalue weighted by atomic mass is 9.88. The Kier molecular flexibility index (Phi) is 3.69. The van der Waals surface area contributed by atoms with Gasteiger partial charge in [0.25, 0.3) is 5.91 Å². The predicted molar refractivity (Wildman–Crippen MR) is 69.2 cm³/mol. The molecule has 0 aliphatic heterocycles. The summed E-state index contributed by atoms with van der Waals surface area (Å²) in [6, 6.07) is 1.46. The zero-order chi connectivity index (χ0) is 13.1. The molecule has 1 heterocycles. The van der Waals surface area contributed by atoms with E-state index in [1.807, 2.05) is 0 Å². The maximum Gasteiger partial charge on any atom is 0.252 e. The second kappa shape index (κ2) is 5.25. The number of hydrogen-bond acceptors (Lipinski definition) is 4. The second-order valence-electron chi connectivity index (χ2n) is 4.98. The molecule has 0 aromatic carbocycles. The monoisotopic (exact) mass is 249 g/mol. The first-order valence-electron chi connectivity index (χ1n) is 6.28. The molecule has 2 rings (SSSR count). The molecule has 0 bridgehead atoms. The van der Waals surface area contributed by atoms with Gasteiger partial charge in [0, 0.05) is 0 Å². The van der Waals surface area contributed by atoms with Crippen molar-refractivity contribution in [3.8, 4) is 5.75 Å². The zero-order valence-corrected chi connectivity index (χ0v) is 10.6. The lowest BCUT2D eigenvalue weighted by molar-refractivity contribution is 0.0980. The van der Waals surface area contributed by atoms with Crippen molar-refractivity contribution < 1.29 is 9.53 Å². The lowest BCUT2D eigenvalue weighted by Crippen LogP contribution is -2.25. The smallest absolute Gasteiger partial charge is 0.252 e. The van der Waals surface area contributed by atoms with Crippen LogP contribution in [0.4, 0.5) is 5.82 Å². The number of ether oxygens (including phenoxy) is 1. The van der Waals surface area contributed by atoms with Crippen LogP contribution in [0.2, 0.25) is 0 Å². The van der Waals surface area contributed by atoms with Gasteiger partial charge in [-0.25, -0.2) is 4.98 Å². The first-order chi connectivity index (χ1) is 8.56. The summed E-state index contributed by atoms with van der Waals surface area (Å²) in [7, 11) is 0. The highest BCUT2D eigenvalue weighted by Crippen LogP contribution is 2.29. The molecule has 1 saturated carbocycles. The molecule has 1 aliphatic carbocycles. The number of carbonyl (C=O) groups is 1. The number of carbonyl (C=O) groups excluding carboxylic acids is 1. The van der Waals surface area contributed by atoms with E-state index in [-0.39, 0.29) is 11.9 Å². The molecule has 4 N–H and O–H groups in total. The Morgan fingerprint density at radius 2 is 2.28 bits per heavy atom. The van der Waals surface area contributed by atoms with E-state index in [0.717, 1.165) is 19.3 Å². The van der Waals surface area contributed by atoms with Crippen LogP contribution < -0.4 is 16.2 Å². The van der Waals surface area contributed by atoms with Crippen LogP contribution in [-0.2, 0) is 0 Å². The van der Waals surface area contributed by atoms with Gasteiger partial charge in [-0.2, -0.15) is 0 Å². The van der Waals surface area contributed by atoms with E-state index in [4.69, 9.17) is 16.2 Å². The van der Waals surface area contributed by atoms with Crippen molar-refractivity contribution >= 4 is 11.7 Å². The second-order valence-corrected chi connectivity index (χ2v) is 4.98. The van der Waals surface area contributed by atoms with Crippen LogP contribution >= 0.6 is 0 Å². The van der Waals surface area contributed by atoms with Crippen molar-refractivity contribution in [3.63, 3.8) is 0 Å². The van der Waals surface area contributed by atoms with Gasteiger partial charge in [-0.1, -0.05) is 13.3 Å². The van der Waals surface area contributed by atoms with Gasteiger partial charge in [-0.05, 0) is 31.2 Å². The third-order valence-electron chi connectivity index (χ3n) is 3.34. The topological polar surface area (TPSA) is 91.2 Å². The Morgan fingerprint density at radius 3 is 2.94 bits per heavy atom. The normalized spacial score (nSPS) is 23.6. The van der Waals surface area contributed by atoms with Gasteiger partial charge in [0.2, 0.25) is 0 Å². The number of nitrogens with zero attached hydrogens (tertiary/aromatic N) is 1. The zero-order valence-electron chi connectivity index (χ0n) is 10.6. The predicted octanol–water partition coefficient (Wildman–Crippen LogP) is 1.72. The largest absolute Gasteiger partial charge is 0.488 e. The Labute approximate surface area is 107 Å². The van der Waals surface area contributed by atoms with Crippen molar-refractivity contribution in [2.24, 2.45) is 11.7 Å². The molecule has 0 saturated heterocycles. The van der Waals surface area contributed by atoms with Crippen LogP contribution in [0.3, 0.4) is 0 Å². The van der Waals surface area contributed by atoms with E-state index >= 15 is 0 Å². The van der Waals surface area contributed by atoms with Crippen LogP contribution in [0.1, 0.15) is 43.0 Å². The average molecular weight is 249 g/mol. The van der Waals surface area contributed by atoms with E-state index in [1.165, 1.54) is 18.7 Å². The number of rotatable bonds is 3. The molecule has 1 aromatic heterocycles. The van der Waals surface area contributed by atoms with E-state index in [1.54, 1.807) is 0 Å². The van der Waals surface area contributed by atoms with E-state index < -0.39 is 5.91 Å². The summed E-state index contributed by atoms with van der Waals surface area (Å²) in [5.74, 6) is 0.828. The number of anilines is 1. The molecule has 5 heteroatoms. The van der Waals surface area contributed by atoms with Crippen molar-refractivity contribution in [2.75, 3.05) is 5.73 Å². The van der Waals surface area contributed by atoms with Gasteiger partial charge < -0.3 is 16.2 Å². The van der Waals surface area contributed by atoms with Gasteiger partial charge in [0.1, 0.15) is 5.82 Å². The lowest BCUT2D eigenvalue weighted by Gasteiger charge is -2.27. The number of primary amides is 1. The molecule has 1 fully saturated rings. The van der Waals surface area contributed by atoms with Gasteiger partial charge in [-0.3, -0.25) is 4.79 Å². The molecule has 0 spiro atoms. The van der Waals surface area contributed by atoms with Crippen LogP contribution in [0.15, 0.2) is 12.3 Å². The molecule has 98 valence electrons. The molecule has 1 amide bonds. The van der Waals surface area contributed by atoms with E-state index in [9.17, 15) is 4.79 Å². The number of nitrogens with two attached hydrogens (primary N) is 2. The maximum atomic E-state index is 11.3. The highest BCUT2D eigenvalue weighted by atomic mass is 16.5. The van der Waals surface area contributed by atoms with Crippen LogP contribution in [0.25, 0.3) is 0 Å². The number of amides is 1. The summed E-state index contributed by atoms with van der Waals surface area (Å²) in [6.45, 7) is 2.21. The fourth-order valence-electron chi connectivity index (χ4n) is 2.41. The summed E-state index contributed by atoms with van der Waals surface area (Å²) >= 11 is 0. The Hall–Kier alpha value is -1.78. The molecule has 2 atom stereocenters. The van der Waals surface area contributed by atoms with Crippen LogP contribution in [0, 0.1) is 5.92 Å². The van der Waals surface area contributed by atoms with Gasteiger partial charge in [-0.15, -0.1) is 0 Å². The van der Waals surface area contributed by atoms with Crippen molar-refractivity contribution in [3.05, 3.63) is 17.8 Å². The SMILES string of the molecule is CC1CCCC(Oc2cnc(N)cc2C(N)=O)C1. The van der Waals surface area contributed by atoms with E-state index in [0.29, 0.717) is 17.2 Å². The first kappa shape index (κ1) is 12.7. The van der Waals surface area contributed by atoms with Gasteiger partial charge in [0.15, 0.2) is 5.75 Å². The quantitative estimate of drug-likeness (QED) is 0.853. The van der Waals surface area contributed by atoms with E-state index in [2.05, 4.69) is 11.9 Å². The fourth-order valence-corrected chi connectivity index (χ4v) is 2.41. The maximum absolute atomic E-state index is 11.3. The third kappa shape index (κ3) is 2.91. The molecule has 1 aliphatic rings.